The van der Waals surface area contributed by atoms with Gasteiger partial charge in [0, 0.05) is 18.2 Å². The minimum Gasteiger partial charge on any atom is -0.496 e. The van der Waals surface area contributed by atoms with Crippen molar-refractivity contribution >= 4 is 0 Å². The fraction of sp³-hybridized carbons (Fsp3) is 0.455. The number of ether oxygens (including phenoxy) is 1. The molecule has 3 N–H and O–H groups in total. The quantitative estimate of drug-likeness (QED) is 0.797. The monoisotopic (exact) mass is 213 g/mol. The number of aliphatic hydroxyl groups is 1. The Bertz CT molecular complexity index is 342. The lowest BCUT2D eigenvalue weighted by molar-refractivity contribution is 0.275. The summed E-state index contributed by atoms with van der Waals surface area (Å²) in [4.78, 5) is 0. The van der Waals surface area contributed by atoms with E-state index in [-0.39, 0.29) is 12.4 Å². The molecule has 0 amide bonds. The summed E-state index contributed by atoms with van der Waals surface area (Å²) >= 11 is 0. The molecule has 4 heteroatoms. The van der Waals surface area contributed by atoms with Crippen LogP contribution in [0.2, 0.25) is 0 Å². The number of aliphatic hydroxyl groups excluding tert-OH is 1. The van der Waals surface area contributed by atoms with Crippen molar-refractivity contribution in [1.82, 2.24) is 0 Å². The third-order valence-electron chi connectivity index (χ3n) is 2.35. The zero-order valence-electron chi connectivity index (χ0n) is 8.96. The standard InChI is InChI=1S/C11H16FNO2/c1-7-5-9(12)8(6-11(7)15-2)10(13)3-4-14/h5-6,10,14H,3-4,13H2,1-2H3. The van der Waals surface area contributed by atoms with Gasteiger partial charge in [-0.15, -0.1) is 0 Å². The Morgan fingerprint density at radius 1 is 1.53 bits per heavy atom. The summed E-state index contributed by atoms with van der Waals surface area (Å²) < 4.78 is 18.6. The van der Waals surface area contributed by atoms with Crippen molar-refractivity contribution in [1.29, 1.82) is 0 Å². The SMILES string of the molecule is COc1cc(C(N)CCO)c(F)cc1C. The van der Waals surface area contributed by atoms with Crippen LogP contribution in [0.25, 0.3) is 0 Å². The van der Waals surface area contributed by atoms with E-state index >= 15 is 0 Å². The van der Waals surface area contributed by atoms with E-state index in [1.807, 2.05) is 0 Å². The highest BCUT2D eigenvalue weighted by atomic mass is 19.1. The second kappa shape index (κ2) is 5.09. The van der Waals surface area contributed by atoms with Crippen LogP contribution >= 0.6 is 0 Å². The number of nitrogens with two attached hydrogens (primary N) is 1. The third-order valence-corrected chi connectivity index (χ3v) is 2.35. The van der Waals surface area contributed by atoms with E-state index in [0.717, 1.165) is 5.56 Å². The maximum Gasteiger partial charge on any atom is 0.128 e. The van der Waals surface area contributed by atoms with Crippen LogP contribution in [0.3, 0.4) is 0 Å². The Labute approximate surface area is 88.7 Å². The first-order valence-corrected chi connectivity index (χ1v) is 4.80. The molecule has 1 unspecified atom stereocenters. The van der Waals surface area contributed by atoms with Gasteiger partial charge in [0.05, 0.1) is 7.11 Å². The number of hydrogen-bond donors (Lipinski definition) is 2. The zero-order chi connectivity index (χ0) is 11.4. The predicted octanol–water partition coefficient (Wildman–Crippen LogP) is 1.52. The van der Waals surface area contributed by atoms with Crippen LogP contribution in [0.1, 0.15) is 23.6 Å². The van der Waals surface area contributed by atoms with Gasteiger partial charge in [0.2, 0.25) is 0 Å². The number of hydrogen-bond acceptors (Lipinski definition) is 3. The Morgan fingerprint density at radius 2 is 2.20 bits per heavy atom. The Morgan fingerprint density at radius 3 is 2.73 bits per heavy atom. The van der Waals surface area contributed by atoms with Gasteiger partial charge in [-0.2, -0.15) is 0 Å². The normalized spacial score (nSPS) is 12.6. The van der Waals surface area contributed by atoms with Crippen LogP contribution in [0.5, 0.6) is 5.75 Å². The molecule has 0 aliphatic carbocycles. The van der Waals surface area contributed by atoms with E-state index in [9.17, 15) is 4.39 Å². The van der Waals surface area contributed by atoms with E-state index in [1.54, 1.807) is 13.0 Å². The van der Waals surface area contributed by atoms with E-state index in [0.29, 0.717) is 17.7 Å². The van der Waals surface area contributed by atoms with Crippen LogP contribution < -0.4 is 10.5 Å². The molecule has 84 valence electrons. The number of benzene rings is 1. The molecule has 0 saturated heterocycles. The molecule has 3 nitrogen and oxygen atoms in total. The fourth-order valence-corrected chi connectivity index (χ4v) is 1.47. The highest BCUT2D eigenvalue weighted by Gasteiger charge is 2.13. The van der Waals surface area contributed by atoms with E-state index in [4.69, 9.17) is 15.6 Å². The zero-order valence-corrected chi connectivity index (χ0v) is 8.96. The summed E-state index contributed by atoms with van der Waals surface area (Å²) in [6.07, 6.45) is 0.336. The summed E-state index contributed by atoms with van der Waals surface area (Å²) in [5.74, 6) is 0.258. The number of methoxy groups -OCH3 is 1. The molecule has 0 bridgehead atoms. The molecule has 0 saturated carbocycles. The molecular formula is C11H16FNO2. The van der Waals surface area contributed by atoms with Gasteiger partial charge < -0.3 is 15.6 Å². The molecule has 0 aliphatic rings. The van der Waals surface area contributed by atoms with Gasteiger partial charge >= 0.3 is 0 Å². The van der Waals surface area contributed by atoms with Gasteiger partial charge in [-0.1, -0.05) is 0 Å². The first-order valence-electron chi connectivity index (χ1n) is 4.80. The molecule has 15 heavy (non-hydrogen) atoms. The third kappa shape index (κ3) is 2.67. The van der Waals surface area contributed by atoms with Crippen LogP contribution in [-0.2, 0) is 0 Å². The maximum absolute atomic E-state index is 13.5. The molecule has 0 fully saturated rings. The molecule has 1 rings (SSSR count). The van der Waals surface area contributed by atoms with Crippen molar-refractivity contribution < 1.29 is 14.2 Å². The van der Waals surface area contributed by atoms with Gasteiger partial charge in [0.1, 0.15) is 11.6 Å². The molecule has 0 aromatic heterocycles. The molecule has 0 radical (unpaired) electrons. The smallest absolute Gasteiger partial charge is 0.128 e. The summed E-state index contributed by atoms with van der Waals surface area (Å²) in [5.41, 5.74) is 6.84. The van der Waals surface area contributed by atoms with Crippen LogP contribution in [0, 0.1) is 12.7 Å². The highest BCUT2D eigenvalue weighted by Crippen LogP contribution is 2.26. The van der Waals surface area contributed by atoms with Crippen molar-refractivity contribution in [2.75, 3.05) is 13.7 Å². The first-order chi connectivity index (χ1) is 7.10. The lowest BCUT2D eigenvalue weighted by Crippen LogP contribution is -2.14. The molecule has 0 aliphatic heterocycles. The molecular weight excluding hydrogens is 197 g/mol. The molecule has 1 atom stereocenters. The fourth-order valence-electron chi connectivity index (χ4n) is 1.47. The Balaban J connectivity index is 3.06. The van der Waals surface area contributed by atoms with Crippen LogP contribution in [0.4, 0.5) is 4.39 Å². The number of aryl methyl sites for hydroxylation is 1. The minimum atomic E-state index is -0.496. The summed E-state index contributed by atoms with van der Waals surface area (Å²) in [6, 6.07) is 2.49. The summed E-state index contributed by atoms with van der Waals surface area (Å²) in [5, 5.41) is 8.74. The molecule has 0 spiro atoms. The predicted molar refractivity (Wildman–Crippen MR) is 56.3 cm³/mol. The van der Waals surface area contributed by atoms with Crippen molar-refractivity contribution in [3.05, 3.63) is 29.1 Å². The summed E-state index contributed by atoms with van der Waals surface area (Å²) in [7, 11) is 1.53. The highest BCUT2D eigenvalue weighted by molar-refractivity contribution is 5.38. The van der Waals surface area contributed by atoms with Crippen LogP contribution in [0.15, 0.2) is 12.1 Å². The topological polar surface area (TPSA) is 55.5 Å². The summed E-state index contributed by atoms with van der Waals surface area (Å²) in [6.45, 7) is 1.71. The second-order valence-corrected chi connectivity index (χ2v) is 3.46. The number of halogens is 1. The number of rotatable bonds is 4. The van der Waals surface area contributed by atoms with Crippen molar-refractivity contribution in [3.8, 4) is 5.75 Å². The van der Waals surface area contributed by atoms with E-state index in [2.05, 4.69) is 0 Å². The lowest BCUT2D eigenvalue weighted by atomic mass is 10.0. The molecule has 0 heterocycles. The van der Waals surface area contributed by atoms with Crippen molar-refractivity contribution in [3.63, 3.8) is 0 Å². The van der Waals surface area contributed by atoms with Gasteiger partial charge in [-0.05, 0) is 31.0 Å². The average molecular weight is 213 g/mol. The lowest BCUT2D eigenvalue weighted by Gasteiger charge is -2.14. The van der Waals surface area contributed by atoms with Crippen molar-refractivity contribution in [2.45, 2.75) is 19.4 Å². The van der Waals surface area contributed by atoms with E-state index in [1.165, 1.54) is 13.2 Å². The van der Waals surface area contributed by atoms with Gasteiger partial charge in [0.15, 0.2) is 0 Å². The van der Waals surface area contributed by atoms with E-state index < -0.39 is 6.04 Å². The van der Waals surface area contributed by atoms with Gasteiger partial charge in [0.25, 0.3) is 0 Å². The first kappa shape index (κ1) is 11.9. The minimum absolute atomic E-state index is 0.0587. The van der Waals surface area contributed by atoms with Gasteiger partial charge in [-0.3, -0.25) is 0 Å². The largest absolute Gasteiger partial charge is 0.496 e. The van der Waals surface area contributed by atoms with Crippen LogP contribution in [-0.4, -0.2) is 18.8 Å². The second-order valence-electron chi connectivity index (χ2n) is 3.46. The van der Waals surface area contributed by atoms with Crippen molar-refractivity contribution in [2.24, 2.45) is 5.73 Å². The molecule has 1 aromatic carbocycles. The molecule has 1 aromatic rings. The average Bonchev–Trinajstić information content (AvgIpc) is 2.18. The van der Waals surface area contributed by atoms with Gasteiger partial charge in [-0.25, -0.2) is 4.39 Å². The maximum atomic E-state index is 13.5. The Hall–Kier alpha value is -1.13. The Kier molecular flexibility index (Phi) is 4.05.